The molecule has 0 heterocycles. The highest BCUT2D eigenvalue weighted by Gasteiger charge is 2.51. The van der Waals surface area contributed by atoms with Gasteiger partial charge >= 0.3 is 0 Å². The minimum absolute atomic E-state index is 0.218. The largest absolute Gasteiger partial charge is 0.310 e. The summed E-state index contributed by atoms with van der Waals surface area (Å²) in [5.74, 6) is 2.98. The molecule has 0 saturated heterocycles. The Labute approximate surface area is 272 Å². The highest BCUT2D eigenvalue weighted by molar-refractivity contribution is 6.12. The summed E-state index contributed by atoms with van der Waals surface area (Å²) in [5.41, 5.74) is 15.2. The molecule has 0 radical (unpaired) electrons. The Kier molecular flexibility index (Phi) is 5.84. The van der Waals surface area contributed by atoms with Crippen molar-refractivity contribution in [3.63, 3.8) is 0 Å². The summed E-state index contributed by atoms with van der Waals surface area (Å²) in [7, 11) is 0. The van der Waals surface area contributed by atoms with Crippen molar-refractivity contribution in [3.8, 4) is 0 Å². The molecule has 226 valence electrons. The van der Waals surface area contributed by atoms with Gasteiger partial charge in [0.25, 0.3) is 0 Å². The summed E-state index contributed by atoms with van der Waals surface area (Å²) in [6, 6.07) is 39.8. The fourth-order valence-electron chi connectivity index (χ4n) is 10.7. The Morgan fingerprint density at radius 1 is 0.522 bits per heavy atom. The lowest BCUT2D eigenvalue weighted by molar-refractivity contribution is -0.00522. The number of rotatable bonds is 4. The zero-order valence-corrected chi connectivity index (χ0v) is 26.3. The first-order valence-corrected chi connectivity index (χ1v) is 17.4. The van der Waals surface area contributed by atoms with E-state index in [4.69, 9.17) is 0 Å². The number of ketones is 1. The van der Waals surface area contributed by atoms with E-state index in [1.165, 1.54) is 83.2 Å². The van der Waals surface area contributed by atoms with Crippen LogP contribution in [0.25, 0.3) is 0 Å². The molecule has 11 rings (SSSR count). The maximum atomic E-state index is 14.0. The summed E-state index contributed by atoms with van der Waals surface area (Å²) in [4.78, 5) is 16.4. The number of hydrogen-bond acceptors (Lipinski definition) is 2. The van der Waals surface area contributed by atoms with Crippen LogP contribution >= 0.6 is 0 Å². The molecule has 46 heavy (non-hydrogen) atoms. The number of nitrogens with zero attached hydrogens (tertiary/aromatic N) is 1. The van der Waals surface area contributed by atoms with Crippen LogP contribution in [0.5, 0.6) is 0 Å². The van der Waals surface area contributed by atoms with Crippen LogP contribution in [0.1, 0.15) is 93.4 Å². The van der Waals surface area contributed by atoms with Crippen LogP contribution in [0.4, 0.5) is 17.1 Å². The SMILES string of the molecule is O=C1c2ccc(C34CC5CC(CC(C5)C3)C4)cc2Cc2cc3c(cc21)Cc1cccc(N(c2ccccc2)c2ccccc2)c1C3. The van der Waals surface area contributed by atoms with E-state index < -0.39 is 0 Å². The van der Waals surface area contributed by atoms with Gasteiger partial charge in [0.15, 0.2) is 5.78 Å². The molecule has 0 aromatic heterocycles. The Bertz CT molecular complexity index is 1950. The van der Waals surface area contributed by atoms with Crippen molar-refractivity contribution >= 4 is 22.8 Å². The van der Waals surface area contributed by atoms with Gasteiger partial charge in [0.2, 0.25) is 0 Å². The standard InChI is InChI=1S/C44H39NO/c46-43-39-15-14-36(44-25-28-16-29(26-44)18-30(17-28)27-44)22-35(39)21-34-20-33-23-40-31(19-32(33)24-41(34)43)8-7-13-42(40)45(37-9-3-1-4-10-37)38-11-5-2-6-12-38/h1-15,20,22,24,28-30H,16-19,21,23,25-27H2. The van der Waals surface area contributed by atoms with Crippen LogP contribution in [0.2, 0.25) is 0 Å². The van der Waals surface area contributed by atoms with E-state index in [1.54, 1.807) is 0 Å². The third-order valence-electron chi connectivity index (χ3n) is 12.3. The number of fused-ring (bicyclic) bond motifs is 4. The van der Waals surface area contributed by atoms with Crippen LogP contribution in [-0.2, 0) is 24.7 Å². The predicted molar refractivity (Wildman–Crippen MR) is 186 cm³/mol. The molecular weight excluding hydrogens is 558 g/mol. The first-order valence-electron chi connectivity index (χ1n) is 17.4. The normalized spacial score (nSPS) is 25.0. The van der Waals surface area contributed by atoms with Crippen LogP contribution in [0.3, 0.4) is 0 Å². The topological polar surface area (TPSA) is 20.3 Å². The number of benzene rings is 5. The molecule has 4 fully saturated rings. The molecule has 0 amide bonds. The average Bonchev–Trinajstić information content (AvgIpc) is 3.07. The van der Waals surface area contributed by atoms with Gasteiger partial charge in [-0.2, -0.15) is 0 Å². The molecule has 4 saturated carbocycles. The summed E-state index contributed by atoms with van der Waals surface area (Å²) < 4.78 is 0. The van der Waals surface area contributed by atoms with Gasteiger partial charge in [-0.05, 0) is 150 Å². The van der Waals surface area contributed by atoms with E-state index in [2.05, 4.69) is 114 Å². The Morgan fingerprint density at radius 2 is 1.13 bits per heavy atom. The van der Waals surface area contributed by atoms with Gasteiger partial charge in [-0.3, -0.25) is 4.79 Å². The molecule has 0 unspecified atom stereocenters. The van der Waals surface area contributed by atoms with Gasteiger partial charge in [0, 0.05) is 34.6 Å². The number of para-hydroxylation sites is 2. The maximum Gasteiger partial charge on any atom is 0.193 e. The number of carbonyl (C=O) groups excluding carboxylic acids is 1. The second-order valence-corrected chi connectivity index (χ2v) is 15.1. The molecule has 5 aromatic carbocycles. The first kappa shape index (κ1) is 26.8. The summed E-state index contributed by atoms with van der Waals surface area (Å²) >= 11 is 0. The van der Waals surface area contributed by atoms with Crippen molar-refractivity contribution in [1.82, 2.24) is 0 Å². The third-order valence-corrected chi connectivity index (χ3v) is 12.3. The van der Waals surface area contributed by atoms with Gasteiger partial charge in [-0.15, -0.1) is 0 Å². The van der Waals surface area contributed by atoms with Crippen molar-refractivity contribution < 1.29 is 4.79 Å². The third kappa shape index (κ3) is 4.12. The molecule has 2 heteroatoms. The molecule has 2 nitrogen and oxygen atoms in total. The van der Waals surface area contributed by atoms with Crippen molar-refractivity contribution in [3.05, 3.63) is 159 Å². The van der Waals surface area contributed by atoms with Gasteiger partial charge in [-0.25, -0.2) is 0 Å². The quantitative estimate of drug-likeness (QED) is 0.201. The minimum atomic E-state index is 0.218. The Balaban J connectivity index is 1.02. The van der Waals surface area contributed by atoms with Crippen molar-refractivity contribution in [2.45, 2.75) is 63.2 Å². The van der Waals surface area contributed by atoms with E-state index >= 15 is 0 Å². The molecule has 5 aromatic rings. The number of anilines is 3. The lowest BCUT2D eigenvalue weighted by Gasteiger charge is -2.57. The number of hydrogen-bond donors (Lipinski definition) is 0. The molecule has 6 aliphatic rings. The summed E-state index contributed by atoms with van der Waals surface area (Å²) in [5, 5.41) is 0. The second kappa shape index (κ2) is 10.0. The molecule has 0 spiro atoms. The van der Waals surface area contributed by atoms with E-state index in [-0.39, 0.29) is 5.78 Å². The van der Waals surface area contributed by atoms with Crippen molar-refractivity contribution in [1.29, 1.82) is 0 Å². The van der Waals surface area contributed by atoms with Gasteiger partial charge in [-0.1, -0.05) is 72.8 Å². The molecule has 0 aliphatic heterocycles. The van der Waals surface area contributed by atoms with Gasteiger partial charge in [0.1, 0.15) is 0 Å². The Hall–Kier alpha value is -4.43. The molecule has 0 atom stereocenters. The van der Waals surface area contributed by atoms with Crippen LogP contribution in [0, 0.1) is 17.8 Å². The summed E-state index contributed by atoms with van der Waals surface area (Å²) in [6.07, 6.45) is 11.1. The van der Waals surface area contributed by atoms with Crippen LogP contribution in [-0.4, -0.2) is 5.78 Å². The average molecular weight is 598 g/mol. The van der Waals surface area contributed by atoms with E-state index in [1.807, 2.05) is 0 Å². The van der Waals surface area contributed by atoms with Crippen molar-refractivity contribution in [2.24, 2.45) is 17.8 Å². The zero-order valence-electron chi connectivity index (χ0n) is 26.3. The van der Waals surface area contributed by atoms with Crippen molar-refractivity contribution in [2.75, 3.05) is 4.90 Å². The molecule has 0 N–H and O–H groups in total. The second-order valence-electron chi connectivity index (χ2n) is 15.1. The lowest BCUT2D eigenvalue weighted by atomic mass is 9.48. The van der Waals surface area contributed by atoms with E-state index in [0.29, 0.717) is 5.41 Å². The maximum absolute atomic E-state index is 14.0. The monoisotopic (exact) mass is 597 g/mol. The van der Waals surface area contributed by atoms with Gasteiger partial charge < -0.3 is 4.90 Å². The van der Waals surface area contributed by atoms with Crippen LogP contribution < -0.4 is 4.90 Å². The lowest BCUT2D eigenvalue weighted by Crippen LogP contribution is -2.48. The first-order chi connectivity index (χ1) is 22.6. The Morgan fingerprint density at radius 3 is 1.80 bits per heavy atom. The zero-order chi connectivity index (χ0) is 30.4. The smallest absolute Gasteiger partial charge is 0.193 e. The fraction of sp³-hybridized carbons (Fsp3) is 0.295. The van der Waals surface area contributed by atoms with E-state index in [0.717, 1.165) is 59.5 Å². The minimum Gasteiger partial charge on any atom is -0.310 e. The van der Waals surface area contributed by atoms with Crippen LogP contribution in [0.15, 0.2) is 109 Å². The molecular formula is C44H39NO. The summed E-state index contributed by atoms with van der Waals surface area (Å²) in [6.45, 7) is 0. The molecule has 6 aliphatic carbocycles. The van der Waals surface area contributed by atoms with E-state index in [9.17, 15) is 4.79 Å². The number of carbonyl (C=O) groups is 1. The molecule has 4 bridgehead atoms. The highest BCUT2D eigenvalue weighted by Crippen LogP contribution is 2.61. The van der Waals surface area contributed by atoms with Gasteiger partial charge in [0.05, 0.1) is 0 Å². The fourth-order valence-corrected chi connectivity index (χ4v) is 10.7. The predicted octanol–water partition coefficient (Wildman–Crippen LogP) is 10.3. The highest BCUT2D eigenvalue weighted by atomic mass is 16.1.